The van der Waals surface area contributed by atoms with Crippen molar-refractivity contribution in [2.24, 2.45) is 0 Å². The van der Waals surface area contributed by atoms with Crippen LogP contribution in [0.1, 0.15) is 44.5 Å². The number of aliphatic hydroxyl groups excluding tert-OH is 1. The number of aliphatic hydroxyl groups is 1. The molecule has 7 heteroatoms. The van der Waals surface area contributed by atoms with Gasteiger partial charge in [-0.3, -0.25) is 4.79 Å². The number of pyridine rings is 1. The lowest BCUT2D eigenvalue weighted by Gasteiger charge is -2.29. The number of carbonyl (C=O) groups excluding carboxylic acids is 1. The third kappa shape index (κ3) is 4.22. The Balaban J connectivity index is 1.65. The molecule has 7 nitrogen and oxygen atoms in total. The first-order valence-electron chi connectivity index (χ1n) is 9.36. The number of fused-ring (bicyclic) bond motifs is 1. The van der Waals surface area contributed by atoms with Crippen molar-refractivity contribution >= 4 is 17.1 Å². The van der Waals surface area contributed by atoms with Gasteiger partial charge in [0.15, 0.2) is 5.65 Å². The molecule has 1 atom stereocenters. The summed E-state index contributed by atoms with van der Waals surface area (Å²) in [4.78, 5) is 23.4. The predicted molar refractivity (Wildman–Crippen MR) is 98.9 cm³/mol. The normalized spacial score (nSPS) is 17.0. The van der Waals surface area contributed by atoms with Crippen molar-refractivity contribution in [3.8, 4) is 0 Å². The summed E-state index contributed by atoms with van der Waals surface area (Å²) in [5.41, 5.74) is 1.74. The molecule has 26 heavy (non-hydrogen) atoms. The maximum Gasteiger partial charge on any atom is 0.222 e. The SMILES string of the molecule is COCC(C)n1c(CCCC(=O)N2CCC(O)CC2)nc2cccnc21. The molecule has 1 fully saturated rings. The Labute approximate surface area is 154 Å². The predicted octanol–water partition coefficient (Wildman–Crippen LogP) is 1.94. The van der Waals surface area contributed by atoms with E-state index in [0.29, 0.717) is 39.0 Å². The molecular weight excluding hydrogens is 332 g/mol. The number of aromatic nitrogens is 3. The number of methoxy groups -OCH3 is 1. The van der Waals surface area contributed by atoms with E-state index >= 15 is 0 Å². The third-order valence-electron chi connectivity index (χ3n) is 4.98. The molecule has 2 aromatic heterocycles. The molecule has 1 saturated heterocycles. The van der Waals surface area contributed by atoms with Crippen LogP contribution in [0, 0.1) is 0 Å². The Morgan fingerprint density at radius 2 is 2.19 bits per heavy atom. The fraction of sp³-hybridized carbons (Fsp3) is 0.632. The second-order valence-corrected chi connectivity index (χ2v) is 7.01. The number of hydrogen-bond acceptors (Lipinski definition) is 5. The van der Waals surface area contributed by atoms with E-state index in [1.54, 1.807) is 13.3 Å². The summed E-state index contributed by atoms with van der Waals surface area (Å²) in [5, 5.41) is 9.56. The molecule has 0 bridgehead atoms. The maximum absolute atomic E-state index is 12.4. The van der Waals surface area contributed by atoms with Crippen LogP contribution in [0.3, 0.4) is 0 Å². The van der Waals surface area contributed by atoms with Gasteiger partial charge in [-0.2, -0.15) is 0 Å². The van der Waals surface area contributed by atoms with Gasteiger partial charge in [-0.05, 0) is 38.3 Å². The van der Waals surface area contributed by atoms with Crippen molar-refractivity contribution in [1.82, 2.24) is 19.4 Å². The molecule has 1 aliphatic rings. The number of ether oxygens (including phenoxy) is 1. The van der Waals surface area contributed by atoms with E-state index in [9.17, 15) is 9.90 Å². The zero-order chi connectivity index (χ0) is 18.5. The first-order chi connectivity index (χ1) is 12.6. The van der Waals surface area contributed by atoms with E-state index in [4.69, 9.17) is 9.72 Å². The van der Waals surface area contributed by atoms with Gasteiger partial charge in [-0.25, -0.2) is 9.97 Å². The summed E-state index contributed by atoms with van der Waals surface area (Å²) >= 11 is 0. The standard InChI is InChI=1S/C19H28N4O3/c1-14(13-26-2)23-17(21-16-5-4-10-20-19(16)23)6-3-7-18(25)22-11-8-15(24)9-12-22/h4-5,10,14-15,24H,3,6-9,11-13H2,1-2H3. The minimum atomic E-state index is -0.256. The maximum atomic E-state index is 12.4. The van der Waals surface area contributed by atoms with Gasteiger partial charge in [-0.1, -0.05) is 0 Å². The number of hydrogen-bond donors (Lipinski definition) is 1. The minimum Gasteiger partial charge on any atom is -0.393 e. The van der Waals surface area contributed by atoms with Crippen LogP contribution in [0.5, 0.6) is 0 Å². The highest BCUT2D eigenvalue weighted by Crippen LogP contribution is 2.21. The van der Waals surface area contributed by atoms with Gasteiger partial charge in [-0.15, -0.1) is 0 Å². The van der Waals surface area contributed by atoms with Gasteiger partial charge in [0, 0.05) is 39.2 Å². The van der Waals surface area contributed by atoms with Gasteiger partial charge < -0.3 is 19.3 Å². The van der Waals surface area contributed by atoms with Crippen LogP contribution in [0.15, 0.2) is 18.3 Å². The molecule has 0 radical (unpaired) electrons. The van der Waals surface area contributed by atoms with Crippen LogP contribution in [0.25, 0.3) is 11.2 Å². The average Bonchev–Trinajstić information content (AvgIpc) is 3.00. The molecule has 0 saturated carbocycles. The Hall–Kier alpha value is -1.99. The number of amides is 1. The summed E-state index contributed by atoms with van der Waals surface area (Å²) < 4.78 is 7.43. The molecular formula is C19H28N4O3. The quantitative estimate of drug-likeness (QED) is 0.816. The molecule has 1 aliphatic heterocycles. The molecule has 3 heterocycles. The fourth-order valence-corrected chi connectivity index (χ4v) is 3.60. The smallest absolute Gasteiger partial charge is 0.222 e. The van der Waals surface area contributed by atoms with Gasteiger partial charge in [0.05, 0.1) is 18.8 Å². The summed E-state index contributed by atoms with van der Waals surface area (Å²) in [6, 6.07) is 3.99. The van der Waals surface area contributed by atoms with Gasteiger partial charge in [0.1, 0.15) is 11.3 Å². The van der Waals surface area contributed by atoms with Crippen LogP contribution in [-0.2, 0) is 16.0 Å². The Kier molecular flexibility index (Phi) is 6.21. The summed E-state index contributed by atoms with van der Waals surface area (Å²) in [6.07, 6.45) is 4.87. The van der Waals surface area contributed by atoms with E-state index < -0.39 is 0 Å². The number of carbonyl (C=O) groups is 1. The zero-order valence-corrected chi connectivity index (χ0v) is 15.6. The number of aryl methyl sites for hydroxylation is 1. The first kappa shape index (κ1) is 18.8. The molecule has 3 rings (SSSR count). The van der Waals surface area contributed by atoms with Crippen LogP contribution in [0.4, 0.5) is 0 Å². The third-order valence-corrected chi connectivity index (χ3v) is 4.98. The Morgan fingerprint density at radius 3 is 2.92 bits per heavy atom. The molecule has 0 spiro atoms. The lowest BCUT2D eigenvalue weighted by Crippen LogP contribution is -2.40. The second kappa shape index (κ2) is 8.60. The van der Waals surface area contributed by atoms with E-state index in [2.05, 4.69) is 16.5 Å². The monoisotopic (exact) mass is 360 g/mol. The van der Waals surface area contributed by atoms with E-state index in [1.165, 1.54) is 0 Å². The molecule has 142 valence electrons. The Bertz CT molecular complexity index is 737. The highest BCUT2D eigenvalue weighted by Gasteiger charge is 2.21. The van der Waals surface area contributed by atoms with Crippen molar-refractivity contribution in [3.05, 3.63) is 24.2 Å². The first-order valence-corrected chi connectivity index (χ1v) is 9.36. The molecule has 1 N–H and O–H groups in total. The number of nitrogens with zero attached hydrogens (tertiary/aromatic N) is 4. The highest BCUT2D eigenvalue weighted by molar-refractivity contribution is 5.76. The van der Waals surface area contributed by atoms with Crippen molar-refractivity contribution in [2.45, 2.75) is 51.2 Å². The minimum absolute atomic E-state index is 0.134. The lowest BCUT2D eigenvalue weighted by atomic mass is 10.1. The van der Waals surface area contributed by atoms with Crippen molar-refractivity contribution in [2.75, 3.05) is 26.8 Å². The number of piperidine rings is 1. The summed E-state index contributed by atoms with van der Waals surface area (Å²) in [7, 11) is 1.69. The topological polar surface area (TPSA) is 80.5 Å². The summed E-state index contributed by atoms with van der Waals surface area (Å²) in [5.74, 6) is 1.12. The van der Waals surface area contributed by atoms with Crippen molar-refractivity contribution in [3.63, 3.8) is 0 Å². The molecule has 2 aromatic rings. The zero-order valence-electron chi connectivity index (χ0n) is 15.6. The van der Waals surface area contributed by atoms with Crippen LogP contribution < -0.4 is 0 Å². The van der Waals surface area contributed by atoms with Crippen LogP contribution in [-0.4, -0.2) is 63.4 Å². The molecule has 1 amide bonds. The number of likely N-dealkylation sites (tertiary alicyclic amines) is 1. The van der Waals surface area contributed by atoms with E-state index in [1.807, 2.05) is 17.0 Å². The fourth-order valence-electron chi connectivity index (χ4n) is 3.60. The lowest BCUT2D eigenvalue weighted by molar-refractivity contribution is -0.133. The average molecular weight is 360 g/mol. The number of rotatable bonds is 7. The summed E-state index contributed by atoms with van der Waals surface area (Å²) in [6.45, 7) is 4.00. The molecule has 1 unspecified atom stereocenters. The second-order valence-electron chi connectivity index (χ2n) is 7.01. The van der Waals surface area contributed by atoms with Gasteiger partial charge in [0.2, 0.25) is 5.91 Å². The molecule has 0 aliphatic carbocycles. The van der Waals surface area contributed by atoms with Gasteiger partial charge in [0.25, 0.3) is 0 Å². The van der Waals surface area contributed by atoms with Crippen molar-refractivity contribution < 1.29 is 14.6 Å². The molecule has 0 aromatic carbocycles. The van der Waals surface area contributed by atoms with E-state index in [-0.39, 0.29) is 18.1 Å². The van der Waals surface area contributed by atoms with Gasteiger partial charge >= 0.3 is 0 Å². The van der Waals surface area contributed by atoms with Crippen LogP contribution >= 0.6 is 0 Å². The van der Waals surface area contributed by atoms with E-state index in [0.717, 1.165) is 29.8 Å². The van der Waals surface area contributed by atoms with Crippen LogP contribution in [0.2, 0.25) is 0 Å². The van der Waals surface area contributed by atoms with Crippen molar-refractivity contribution in [1.29, 1.82) is 0 Å². The largest absolute Gasteiger partial charge is 0.393 e. The Morgan fingerprint density at radius 1 is 1.42 bits per heavy atom. The number of imidazole rings is 1. The highest BCUT2D eigenvalue weighted by atomic mass is 16.5.